The van der Waals surface area contributed by atoms with Crippen LogP contribution in [0, 0.1) is 11.8 Å². The summed E-state index contributed by atoms with van der Waals surface area (Å²) in [7, 11) is 0. The standard InChI is InChI=1S/C15H28N2O2/c1-12(18)14-7-10-17(11-14)9-4-8-16-15(19)13-5-2-3-6-13/h12-14,18H,2-11H2,1H3,(H,16,19). The van der Waals surface area contributed by atoms with Crippen LogP contribution >= 0.6 is 0 Å². The van der Waals surface area contributed by atoms with Crippen molar-refractivity contribution in [3.8, 4) is 0 Å². The van der Waals surface area contributed by atoms with Crippen LogP contribution in [-0.2, 0) is 4.79 Å². The lowest BCUT2D eigenvalue weighted by molar-refractivity contribution is -0.124. The van der Waals surface area contributed by atoms with E-state index >= 15 is 0 Å². The molecule has 0 spiro atoms. The van der Waals surface area contributed by atoms with Crippen molar-refractivity contribution >= 4 is 5.91 Å². The van der Waals surface area contributed by atoms with E-state index in [4.69, 9.17) is 0 Å². The second kappa shape index (κ2) is 7.25. The Balaban J connectivity index is 1.53. The number of rotatable bonds is 6. The zero-order chi connectivity index (χ0) is 13.7. The molecule has 2 rings (SSSR count). The Bertz CT molecular complexity index is 288. The Labute approximate surface area is 116 Å². The van der Waals surface area contributed by atoms with Crippen LogP contribution in [0.3, 0.4) is 0 Å². The third-order valence-corrected chi connectivity index (χ3v) is 4.67. The molecule has 0 radical (unpaired) electrons. The first-order valence-corrected chi connectivity index (χ1v) is 7.85. The number of aliphatic hydroxyl groups excluding tert-OH is 1. The first-order chi connectivity index (χ1) is 9.16. The van der Waals surface area contributed by atoms with Crippen LogP contribution in [0.1, 0.15) is 45.4 Å². The van der Waals surface area contributed by atoms with E-state index in [1.807, 2.05) is 6.92 Å². The minimum Gasteiger partial charge on any atom is -0.393 e. The van der Waals surface area contributed by atoms with E-state index in [0.29, 0.717) is 5.92 Å². The highest BCUT2D eigenvalue weighted by Gasteiger charge is 2.25. The highest BCUT2D eigenvalue weighted by atomic mass is 16.3. The molecular weight excluding hydrogens is 240 g/mol. The Morgan fingerprint density at radius 2 is 2.11 bits per heavy atom. The minimum absolute atomic E-state index is 0.188. The van der Waals surface area contributed by atoms with Crippen LogP contribution in [0.25, 0.3) is 0 Å². The molecule has 4 heteroatoms. The normalized spacial score (nSPS) is 26.7. The molecule has 4 nitrogen and oxygen atoms in total. The summed E-state index contributed by atoms with van der Waals surface area (Å²) >= 11 is 0. The lowest BCUT2D eigenvalue weighted by Crippen LogP contribution is -2.32. The van der Waals surface area contributed by atoms with Gasteiger partial charge in [-0.15, -0.1) is 0 Å². The number of nitrogens with one attached hydrogen (secondary N) is 1. The zero-order valence-electron chi connectivity index (χ0n) is 12.1. The van der Waals surface area contributed by atoms with Crippen molar-refractivity contribution in [1.82, 2.24) is 10.2 Å². The van der Waals surface area contributed by atoms with Gasteiger partial charge >= 0.3 is 0 Å². The third-order valence-electron chi connectivity index (χ3n) is 4.67. The fourth-order valence-corrected chi connectivity index (χ4v) is 3.31. The number of carbonyl (C=O) groups is 1. The van der Waals surface area contributed by atoms with Gasteiger partial charge in [0.1, 0.15) is 0 Å². The predicted molar refractivity (Wildman–Crippen MR) is 75.8 cm³/mol. The molecule has 2 fully saturated rings. The fourth-order valence-electron chi connectivity index (χ4n) is 3.31. The van der Waals surface area contributed by atoms with Crippen LogP contribution in [0.2, 0.25) is 0 Å². The van der Waals surface area contributed by atoms with E-state index in [2.05, 4.69) is 10.2 Å². The lowest BCUT2D eigenvalue weighted by Gasteiger charge is -2.17. The molecule has 19 heavy (non-hydrogen) atoms. The van der Waals surface area contributed by atoms with Crippen molar-refractivity contribution in [1.29, 1.82) is 0 Å². The van der Waals surface area contributed by atoms with Gasteiger partial charge in [0.15, 0.2) is 0 Å². The molecule has 1 aliphatic heterocycles. The third kappa shape index (κ3) is 4.46. The largest absolute Gasteiger partial charge is 0.393 e. The van der Waals surface area contributed by atoms with Gasteiger partial charge in [0.25, 0.3) is 0 Å². The molecule has 1 saturated carbocycles. The van der Waals surface area contributed by atoms with Gasteiger partial charge < -0.3 is 15.3 Å². The molecule has 0 aromatic carbocycles. The highest BCUT2D eigenvalue weighted by molar-refractivity contribution is 5.78. The molecule has 2 unspecified atom stereocenters. The summed E-state index contributed by atoms with van der Waals surface area (Å²) in [5.41, 5.74) is 0. The van der Waals surface area contributed by atoms with Crippen molar-refractivity contribution in [3.63, 3.8) is 0 Å². The van der Waals surface area contributed by atoms with Crippen LogP contribution < -0.4 is 5.32 Å². The van der Waals surface area contributed by atoms with E-state index in [1.165, 1.54) is 12.8 Å². The summed E-state index contributed by atoms with van der Waals surface area (Å²) in [6.07, 6.45) is 6.52. The summed E-state index contributed by atoms with van der Waals surface area (Å²) in [4.78, 5) is 14.2. The zero-order valence-corrected chi connectivity index (χ0v) is 12.1. The molecular formula is C15H28N2O2. The Morgan fingerprint density at radius 3 is 2.74 bits per heavy atom. The monoisotopic (exact) mass is 268 g/mol. The van der Waals surface area contributed by atoms with Gasteiger partial charge in [-0.1, -0.05) is 12.8 Å². The molecule has 1 aliphatic carbocycles. The number of nitrogens with zero attached hydrogens (tertiary/aromatic N) is 1. The molecule has 0 aromatic heterocycles. The van der Waals surface area contributed by atoms with Gasteiger partial charge in [0.2, 0.25) is 5.91 Å². The summed E-state index contributed by atoms with van der Waals surface area (Å²) in [5, 5.41) is 12.6. The Kier molecular flexibility index (Phi) is 5.64. The summed E-state index contributed by atoms with van der Waals surface area (Å²) in [5.74, 6) is 0.986. The SMILES string of the molecule is CC(O)C1CCN(CCCNC(=O)C2CCCC2)C1. The van der Waals surface area contributed by atoms with E-state index in [9.17, 15) is 9.90 Å². The van der Waals surface area contributed by atoms with Crippen LogP contribution in [0.4, 0.5) is 0 Å². The van der Waals surface area contributed by atoms with Crippen molar-refractivity contribution in [2.45, 2.75) is 51.6 Å². The number of aliphatic hydroxyl groups is 1. The average molecular weight is 268 g/mol. The maximum absolute atomic E-state index is 11.8. The molecule has 1 heterocycles. The molecule has 1 amide bonds. The topological polar surface area (TPSA) is 52.6 Å². The lowest BCUT2D eigenvalue weighted by atomic mass is 10.0. The van der Waals surface area contributed by atoms with Crippen molar-refractivity contribution in [2.24, 2.45) is 11.8 Å². The first-order valence-electron chi connectivity index (χ1n) is 7.85. The average Bonchev–Trinajstić information content (AvgIpc) is 3.05. The van der Waals surface area contributed by atoms with Crippen molar-refractivity contribution < 1.29 is 9.90 Å². The van der Waals surface area contributed by atoms with E-state index < -0.39 is 0 Å². The quantitative estimate of drug-likeness (QED) is 0.716. The van der Waals surface area contributed by atoms with Gasteiger partial charge in [-0.25, -0.2) is 0 Å². The van der Waals surface area contributed by atoms with Crippen LogP contribution in [0.15, 0.2) is 0 Å². The molecule has 0 aromatic rings. The number of amides is 1. The molecule has 110 valence electrons. The smallest absolute Gasteiger partial charge is 0.223 e. The summed E-state index contributed by atoms with van der Waals surface area (Å²) < 4.78 is 0. The fraction of sp³-hybridized carbons (Fsp3) is 0.933. The van der Waals surface area contributed by atoms with Crippen LogP contribution in [-0.4, -0.2) is 48.2 Å². The highest BCUT2D eigenvalue weighted by Crippen LogP contribution is 2.24. The van der Waals surface area contributed by atoms with Crippen LogP contribution in [0.5, 0.6) is 0 Å². The molecule has 1 saturated heterocycles. The molecule has 2 atom stereocenters. The number of hydrogen-bond acceptors (Lipinski definition) is 3. The molecule has 0 bridgehead atoms. The van der Waals surface area contributed by atoms with E-state index in [1.54, 1.807) is 0 Å². The van der Waals surface area contributed by atoms with Crippen molar-refractivity contribution in [2.75, 3.05) is 26.2 Å². The maximum atomic E-state index is 11.8. The summed E-state index contributed by atoms with van der Waals surface area (Å²) in [6.45, 7) is 5.82. The molecule has 2 aliphatic rings. The van der Waals surface area contributed by atoms with Gasteiger partial charge in [-0.3, -0.25) is 4.79 Å². The van der Waals surface area contributed by atoms with E-state index in [0.717, 1.165) is 51.9 Å². The summed E-state index contributed by atoms with van der Waals surface area (Å²) in [6, 6.07) is 0. The van der Waals surface area contributed by atoms with E-state index in [-0.39, 0.29) is 17.9 Å². The number of hydrogen-bond donors (Lipinski definition) is 2. The second-order valence-corrected chi connectivity index (χ2v) is 6.22. The van der Waals surface area contributed by atoms with Gasteiger partial charge in [-0.2, -0.15) is 0 Å². The Morgan fingerprint density at radius 1 is 1.37 bits per heavy atom. The second-order valence-electron chi connectivity index (χ2n) is 6.22. The molecule has 2 N–H and O–H groups in total. The predicted octanol–water partition coefficient (Wildman–Crippen LogP) is 1.39. The number of likely N-dealkylation sites (tertiary alicyclic amines) is 1. The van der Waals surface area contributed by atoms with Gasteiger partial charge in [0.05, 0.1) is 6.10 Å². The van der Waals surface area contributed by atoms with Gasteiger partial charge in [-0.05, 0) is 51.6 Å². The minimum atomic E-state index is -0.188. The maximum Gasteiger partial charge on any atom is 0.223 e. The first kappa shape index (κ1) is 14.8. The number of carbonyl (C=O) groups excluding carboxylic acids is 1. The Hall–Kier alpha value is -0.610. The van der Waals surface area contributed by atoms with Gasteiger partial charge in [0, 0.05) is 19.0 Å². The van der Waals surface area contributed by atoms with Crippen molar-refractivity contribution in [3.05, 3.63) is 0 Å².